The van der Waals surface area contributed by atoms with Crippen LogP contribution in [0.2, 0.25) is 0 Å². The van der Waals surface area contributed by atoms with Gasteiger partial charge >= 0.3 is 0 Å². The van der Waals surface area contributed by atoms with Gasteiger partial charge in [-0.25, -0.2) is 17.4 Å². The van der Waals surface area contributed by atoms with Gasteiger partial charge < -0.3 is 5.32 Å². The van der Waals surface area contributed by atoms with E-state index in [-0.39, 0.29) is 10.6 Å². The van der Waals surface area contributed by atoms with Crippen LogP contribution in [0.15, 0.2) is 65.7 Å². The molecule has 0 saturated carbocycles. The van der Waals surface area contributed by atoms with Gasteiger partial charge in [-0.1, -0.05) is 35.5 Å². The van der Waals surface area contributed by atoms with Crippen LogP contribution in [0.1, 0.15) is 16.1 Å². The summed E-state index contributed by atoms with van der Waals surface area (Å²) in [5.74, 6) is -0.419. The fraction of sp³-hybridized carbons (Fsp3) is 0.167. The second kappa shape index (κ2) is 7.68. The summed E-state index contributed by atoms with van der Waals surface area (Å²) in [5.41, 5.74) is 1.69. The van der Waals surface area contributed by atoms with Gasteiger partial charge in [0.05, 0.1) is 17.6 Å². The van der Waals surface area contributed by atoms with Crippen LogP contribution in [-0.2, 0) is 16.6 Å². The van der Waals surface area contributed by atoms with E-state index < -0.39 is 15.9 Å². The summed E-state index contributed by atoms with van der Waals surface area (Å²) in [5, 5.41) is 10.5. The topological polar surface area (TPSA) is 97.2 Å². The molecule has 3 rings (SSSR count). The number of hydrogen-bond donors (Lipinski definition) is 1. The highest BCUT2D eigenvalue weighted by Gasteiger charge is 2.17. The summed E-state index contributed by atoms with van der Waals surface area (Å²) in [4.78, 5) is 12.5. The molecule has 1 aromatic heterocycles. The minimum absolute atomic E-state index is 0.152. The number of carbonyl (C=O) groups is 1. The molecule has 0 aliphatic carbocycles. The van der Waals surface area contributed by atoms with Crippen molar-refractivity contribution in [3.05, 3.63) is 72.1 Å². The van der Waals surface area contributed by atoms with Crippen LogP contribution in [0.25, 0.3) is 0 Å². The van der Waals surface area contributed by atoms with Crippen molar-refractivity contribution in [2.45, 2.75) is 11.4 Å². The third kappa shape index (κ3) is 4.39. The minimum Gasteiger partial charge on any atom is -0.321 e. The Morgan fingerprint density at radius 3 is 2.37 bits per heavy atom. The SMILES string of the molecule is CN(C)S(=O)(=O)c1ccc(NC(=O)c2cn(Cc3ccccc3)nn2)cc1. The molecule has 3 aromatic rings. The van der Waals surface area contributed by atoms with Crippen molar-refractivity contribution in [1.82, 2.24) is 19.3 Å². The lowest BCUT2D eigenvalue weighted by Gasteiger charge is -2.11. The number of hydrogen-bond acceptors (Lipinski definition) is 5. The first-order valence-corrected chi connectivity index (χ1v) is 9.58. The van der Waals surface area contributed by atoms with Crippen LogP contribution < -0.4 is 5.32 Å². The van der Waals surface area contributed by atoms with Crippen molar-refractivity contribution in [1.29, 1.82) is 0 Å². The van der Waals surface area contributed by atoms with Crippen LogP contribution >= 0.6 is 0 Å². The minimum atomic E-state index is -3.51. The molecule has 140 valence electrons. The summed E-state index contributed by atoms with van der Waals surface area (Å²) in [6.45, 7) is 0.512. The predicted molar refractivity (Wildman–Crippen MR) is 101 cm³/mol. The van der Waals surface area contributed by atoms with E-state index in [1.807, 2.05) is 30.3 Å². The van der Waals surface area contributed by atoms with Crippen LogP contribution in [0.5, 0.6) is 0 Å². The molecule has 0 aliphatic heterocycles. The Labute approximate surface area is 157 Å². The first-order valence-electron chi connectivity index (χ1n) is 8.14. The van der Waals surface area contributed by atoms with Gasteiger partial charge in [-0.3, -0.25) is 4.79 Å². The van der Waals surface area contributed by atoms with E-state index >= 15 is 0 Å². The Kier molecular flexibility index (Phi) is 5.33. The zero-order chi connectivity index (χ0) is 19.4. The molecular weight excluding hydrogens is 366 g/mol. The van der Waals surface area contributed by atoms with Crippen LogP contribution in [0, 0.1) is 0 Å². The molecule has 0 radical (unpaired) electrons. The molecular formula is C18H19N5O3S. The van der Waals surface area contributed by atoms with Gasteiger partial charge in [0.1, 0.15) is 0 Å². The summed E-state index contributed by atoms with van der Waals surface area (Å²) >= 11 is 0. The first-order chi connectivity index (χ1) is 12.9. The molecule has 0 bridgehead atoms. The summed E-state index contributed by atoms with van der Waals surface area (Å²) < 4.78 is 26.8. The van der Waals surface area contributed by atoms with Crippen LogP contribution in [0.3, 0.4) is 0 Å². The predicted octanol–water partition coefficient (Wildman–Crippen LogP) is 1.83. The second-order valence-electron chi connectivity index (χ2n) is 6.05. The maximum atomic E-state index is 12.3. The lowest BCUT2D eigenvalue weighted by Crippen LogP contribution is -2.22. The van der Waals surface area contributed by atoms with E-state index in [2.05, 4.69) is 15.6 Å². The highest BCUT2D eigenvalue weighted by molar-refractivity contribution is 7.89. The maximum Gasteiger partial charge on any atom is 0.277 e. The number of anilines is 1. The van der Waals surface area contributed by atoms with E-state index in [9.17, 15) is 13.2 Å². The number of amides is 1. The molecule has 8 nitrogen and oxygen atoms in total. The lowest BCUT2D eigenvalue weighted by molar-refractivity contribution is 0.102. The Bertz CT molecular complexity index is 1030. The van der Waals surface area contributed by atoms with E-state index in [0.717, 1.165) is 9.87 Å². The number of nitrogens with one attached hydrogen (secondary N) is 1. The summed E-state index contributed by atoms with van der Waals surface area (Å²) in [6.07, 6.45) is 1.56. The molecule has 0 fully saturated rings. The van der Waals surface area contributed by atoms with Crippen LogP contribution in [-0.4, -0.2) is 47.7 Å². The largest absolute Gasteiger partial charge is 0.321 e. The van der Waals surface area contributed by atoms with Crippen LogP contribution in [0.4, 0.5) is 5.69 Å². The number of rotatable bonds is 6. The molecule has 0 aliphatic rings. The number of benzene rings is 2. The van der Waals surface area contributed by atoms with Gasteiger partial charge in [-0.15, -0.1) is 5.10 Å². The van der Waals surface area contributed by atoms with Gasteiger partial charge in [0, 0.05) is 19.8 Å². The number of carbonyl (C=O) groups excluding carboxylic acids is 1. The smallest absolute Gasteiger partial charge is 0.277 e. The van der Waals surface area contributed by atoms with Crippen molar-refractivity contribution >= 4 is 21.6 Å². The van der Waals surface area contributed by atoms with Crippen molar-refractivity contribution in [3.8, 4) is 0 Å². The fourth-order valence-electron chi connectivity index (χ4n) is 2.37. The molecule has 2 aromatic carbocycles. The molecule has 27 heavy (non-hydrogen) atoms. The summed E-state index contributed by atoms with van der Waals surface area (Å²) in [7, 11) is -0.582. The molecule has 1 N–H and O–H groups in total. The molecule has 1 amide bonds. The number of nitrogens with zero attached hydrogens (tertiary/aromatic N) is 4. The third-order valence-electron chi connectivity index (χ3n) is 3.85. The Balaban J connectivity index is 1.67. The zero-order valence-electron chi connectivity index (χ0n) is 14.9. The van der Waals surface area contributed by atoms with Crippen molar-refractivity contribution in [2.24, 2.45) is 0 Å². The number of sulfonamides is 1. The summed E-state index contributed by atoms with van der Waals surface area (Å²) in [6, 6.07) is 15.7. The molecule has 0 saturated heterocycles. The van der Waals surface area contributed by atoms with Crippen molar-refractivity contribution in [2.75, 3.05) is 19.4 Å². The molecule has 0 unspecified atom stereocenters. The van der Waals surface area contributed by atoms with Gasteiger partial charge in [0.15, 0.2) is 5.69 Å². The maximum absolute atomic E-state index is 12.3. The normalized spacial score (nSPS) is 11.5. The highest BCUT2D eigenvalue weighted by Crippen LogP contribution is 2.17. The van der Waals surface area contributed by atoms with E-state index in [1.165, 1.54) is 38.4 Å². The molecule has 1 heterocycles. The Morgan fingerprint density at radius 1 is 1.07 bits per heavy atom. The van der Waals surface area contributed by atoms with E-state index in [1.54, 1.807) is 10.9 Å². The molecule has 9 heteroatoms. The Morgan fingerprint density at radius 2 is 1.74 bits per heavy atom. The van der Waals surface area contributed by atoms with E-state index in [0.29, 0.717) is 12.2 Å². The first kappa shape index (κ1) is 18.7. The van der Waals surface area contributed by atoms with Gasteiger partial charge in [0.25, 0.3) is 5.91 Å². The highest BCUT2D eigenvalue weighted by atomic mass is 32.2. The average Bonchev–Trinajstić information content (AvgIpc) is 3.11. The van der Waals surface area contributed by atoms with E-state index in [4.69, 9.17) is 0 Å². The fourth-order valence-corrected chi connectivity index (χ4v) is 3.27. The molecule has 0 atom stereocenters. The van der Waals surface area contributed by atoms with Crippen molar-refractivity contribution < 1.29 is 13.2 Å². The third-order valence-corrected chi connectivity index (χ3v) is 5.68. The van der Waals surface area contributed by atoms with Crippen molar-refractivity contribution in [3.63, 3.8) is 0 Å². The van der Waals surface area contributed by atoms with Gasteiger partial charge in [-0.05, 0) is 29.8 Å². The number of aromatic nitrogens is 3. The average molecular weight is 385 g/mol. The van der Waals surface area contributed by atoms with Gasteiger partial charge in [0.2, 0.25) is 10.0 Å². The second-order valence-corrected chi connectivity index (χ2v) is 8.20. The Hall–Kier alpha value is -3.04. The standard InChI is InChI=1S/C18H19N5O3S/c1-22(2)27(25,26)16-10-8-15(9-11-16)19-18(24)17-13-23(21-20-17)12-14-6-4-3-5-7-14/h3-11,13H,12H2,1-2H3,(H,19,24). The molecule has 0 spiro atoms. The van der Waals surface area contributed by atoms with Gasteiger partial charge in [-0.2, -0.15) is 0 Å². The lowest BCUT2D eigenvalue weighted by atomic mass is 10.2. The quantitative estimate of drug-likeness (QED) is 0.698. The zero-order valence-corrected chi connectivity index (χ0v) is 15.7. The monoisotopic (exact) mass is 385 g/mol.